The normalized spacial score (nSPS) is 29.5. The van der Waals surface area contributed by atoms with Crippen molar-refractivity contribution >= 4 is 0 Å². The molecule has 2 nitrogen and oxygen atoms in total. The van der Waals surface area contributed by atoms with Gasteiger partial charge >= 0.3 is 0 Å². The number of hydrogen-bond donors (Lipinski definition) is 1. The Kier molecular flexibility index (Phi) is 3.25. The summed E-state index contributed by atoms with van der Waals surface area (Å²) in [5.41, 5.74) is 0. The predicted molar refractivity (Wildman–Crippen MR) is 55.2 cm³/mol. The summed E-state index contributed by atoms with van der Waals surface area (Å²) >= 11 is 0. The molecule has 0 aliphatic heterocycles. The minimum Gasteiger partial charge on any atom is -0.469 e. The quantitative estimate of drug-likeness (QED) is 0.745. The summed E-state index contributed by atoms with van der Waals surface area (Å²) in [6.07, 6.45) is 8.40. The Labute approximate surface area is 84.9 Å². The van der Waals surface area contributed by atoms with Crippen LogP contribution in [0.1, 0.15) is 50.2 Å². The van der Waals surface area contributed by atoms with E-state index in [2.05, 4.69) is 0 Å². The molecule has 0 spiro atoms. The standard InChI is InChI=1S/C12H18O2/c13-11-7-4-2-1-3-6-10(11)12-8-5-9-14-12/h5,8-11,13H,1-4,6-7H2. The zero-order valence-electron chi connectivity index (χ0n) is 8.48. The first-order valence-electron chi connectivity index (χ1n) is 5.59. The van der Waals surface area contributed by atoms with Gasteiger partial charge in [-0.3, -0.25) is 0 Å². The first kappa shape index (κ1) is 9.78. The van der Waals surface area contributed by atoms with Crippen molar-refractivity contribution in [2.75, 3.05) is 0 Å². The van der Waals surface area contributed by atoms with E-state index < -0.39 is 0 Å². The first-order valence-corrected chi connectivity index (χ1v) is 5.59. The van der Waals surface area contributed by atoms with Crippen molar-refractivity contribution in [1.82, 2.24) is 0 Å². The van der Waals surface area contributed by atoms with E-state index in [0.29, 0.717) is 0 Å². The molecular weight excluding hydrogens is 176 g/mol. The highest BCUT2D eigenvalue weighted by Crippen LogP contribution is 2.31. The monoisotopic (exact) mass is 194 g/mol. The van der Waals surface area contributed by atoms with Crippen LogP contribution >= 0.6 is 0 Å². The van der Waals surface area contributed by atoms with E-state index in [4.69, 9.17) is 4.42 Å². The molecule has 0 saturated heterocycles. The molecule has 0 aromatic carbocycles. The highest BCUT2D eigenvalue weighted by Gasteiger charge is 2.24. The van der Waals surface area contributed by atoms with Gasteiger partial charge in [-0.2, -0.15) is 0 Å². The van der Waals surface area contributed by atoms with Crippen LogP contribution in [0.3, 0.4) is 0 Å². The summed E-state index contributed by atoms with van der Waals surface area (Å²) in [5.74, 6) is 1.18. The molecule has 1 aliphatic carbocycles. The van der Waals surface area contributed by atoms with Gasteiger partial charge in [0.05, 0.1) is 12.4 Å². The maximum absolute atomic E-state index is 9.99. The smallest absolute Gasteiger partial charge is 0.109 e. The highest BCUT2D eigenvalue weighted by atomic mass is 16.3. The van der Waals surface area contributed by atoms with E-state index in [-0.39, 0.29) is 12.0 Å². The summed E-state index contributed by atoms with van der Waals surface area (Å²) in [5, 5.41) is 9.99. The molecule has 1 aliphatic rings. The average molecular weight is 194 g/mol. The highest BCUT2D eigenvalue weighted by molar-refractivity contribution is 5.07. The van der Waals surface area contributed by atoms with Crippen molar-refractivity contribution in [3.05, 3.63) is 24.2 Å². The third-order valence-electron chi connectivity index (χ3n) is 3.14. The number of furan rings is 1. The summed E-state index contributed by atoms with van der Waals surface area (Å²) in [6, 6.07) is 3.89. The van der Waals surface area contributed by atoms with Gasteiger partial charge in [0.1, 0.15) is 5.76 Å². The Morgan fingerprint density at radius 1 is 1.14 bits per heavy atom. The SMILES string of the molecule is OC1CCCCCCC1c1ccco1. The van der Waals surface area contributed by atoms with Crippen molar-refractivity contribution in [3.63, 3.8) is 0 Å². The molecule has 14 heavy (non-hydrogen) atoms. The lowest BCUT2D eigenvalue weighted by Gasteiger charge is -2.23. The molecule has 1 saturated carbocycles. The van der Waals surface area contributed by atoms with E-state index in [1.807, 2.05) is 12.1 Å². The summed E-state index contributed by atoms with van der Waals surface area (Å²) in [6.45, 7) is 0. The molecule has 0 amide bonds. The van der Waals surface area contributed by atoms with Gasteiger partial charge in [-0.05, 0) is 25.0 Å². The lowest BCUT2D eigenvalue weighted by Crippen LogP contribution is -2.19. The lowest BCUT2D eigenvalue weighted by molar-refractivity contribution is 0.109. The molecule has 2 heteroatoms. The van der Waals surface area contributed by atoms with Gasteiger partial charge in [-0.15, -0.1) is 0 Å². The van der Waals surface area contributed by atoms with Gasteiger partial charge in [-0.25, -0.2) is 0 Å². The maximum Gasteiger partial charge on any atom is 0.109 e. The summed E-state index contributed by atoms with van der Waals surface area (Å²) in [4.78, 5) is 0. The van der Waals surface area contributed by atoms with E-state index in [1.54, 1.807) is 6.26 Å². The zero-order chi connectivity index (χ0) is 9.80. The van der Waals surface area contributed by atoms with Gasteiger partial charge in [0.25, 0.3) is 0 Å². The summed E-state index contributed by atoms with van der Waals surface area (Å²) in [7, 11) is 0. The van der Waals surface area contributed by atoms with Crippen molar-refractivity contribution in [2.24, 2.45) is 0 Å². The van der Waals surface area contributed by atoms with Crippen LogP contribution in [-0.4, -0.2) is 11.2 Å². The Balaban J connectivity index is 2.06. The maximum atomic E-state index is 9.99. The van der Waals surface area contributed by atoms with Gasteiger partial charge < -0.3 is 9.52 Å². The van der Waals surface area contributed by atoms with Gasteiger partial charge in [0, 0.05) is 5.92 Å². The van der Waals surface area contributed by atoms with Crippen LogP contribution in [0, 0.1) is 0 Å². The Morgan fingerprint density at radius 3 is 2.64 bits per heavy atom. The first-order chi connectivity index (χ1) is 6.88. The molecule has 2 atom stereocenters. The van der Waals surface area contributed by atoms with Crippen LogP contribution < -0.4 is 0 Å². The topological polar surface area (TPSA) is 33.4 Å². The minimum atomic E-state index is -0.207. The van der Waals surface area contributed by atoms with E-state index in [9.17, 15) is 5.11 Å². The van der Waals surface area contributed by atoms with Crippen molar-refractivity contribution in [3.8, 4) is 0 Å². The van der Waals surface area contributed by atoms with Crippen LogP contribution in [0.4, 0.5) is 0 Å². The Morgan fingerprint density at radius 2 is 1.93 bits per heavy atom. The fourth-order valence-corrected chi connectivity index (χ4v) is 2.30. The van der Waals surface area contributed by atoms with Crippen molar-refractivity contribution in [1.29, 1.82) is 0 Å². The van der Waals surface area contributed by atoms with E-state index in [0.717, 1.165) is 25.0 Å². The lowest BCUT2D eigenvalue weighted by atomic mass is 9.87. The molecule has 2 unspecified atom stereocenters. The number of rotatable bonds is 1. The second-order valence-corrected chi connectivity index (χ2v) is 4.18. The minimum absolute atomic E-state index is 0.207. The van der Waals surface area contributed by atoms with E-state index >= 15 is 0 Å². The van der Waals surface area contributed by atoms with Crippen LogP contribution in [0.15, 0.2) is 22.8 Å². The summed E-state index contributed by atoms with van der Waals surface area (Å²) < 4.78 is 5.38. The number of aliphatic hydroxyl groups is 1. The van der Waals surface area contributed by atoms with Crippen molar-refractivity contribution < 1.29 is 9.52 Å². The Hall–Kier alpha value is -0.760. The predicted octanol–water partition coefficient (Wildman–Crippen LogP) is 3.08. The fraction of sp³-hybridized carbons (Fsp3) is 0.667. The molecule has 1 heterocycles. The van der Waals surface area contributed by atoms with E-state index in [1.165, 1.54) is 19.3 Å². The Bertz CT molecular complexity index is 253. The second kappa shape index (κ2) is 4.65. The number of hydrogen-bond acceptors (Lipinski definition) is 2. The molecule has 1 fully saturated rings. The molecule has 2 rings (SSSR count). The van der Waals surface area contributed by atoms with Gasteiger partial charge in [0.15, 0.2) is 0 Å². The molecule has 1 N–H and O–H groups in total. The molecule has 0 bridgehead atoms. The van der Waals surface area contributed by atoms with Gasteiger partial charge in [0.2, 0.25) is 0 Å². The second-order valence-electron chi connectivity index (χ2n) is 4.18. The molecule has 1 aromatic heterocycles. The number of aliphatic hydroxyl groups excluding tert-OH is 1. The zero-order valence-corrected chi connectivity index (χ0v) is 8.48. The van der Waals surface area contributed by atoms with Crippen LogP contribution in [-0.2, 0) is 0 Å². The van der Waals surface area contributed by atoms with Crippen molar-refractivity contribution in [2.45, 2.75) is 50.5 Å². The molecule has 0 radical (unpaired) electrons. The molecule has 78 valence electrons. The third kappa shape index (κ3) is 2.18. The third-order valence-corrected chi connectivity index (χ3v) is 3.14. The van der Waals surface area contributed by atoms with Crippen LogP contribution in [0.25, 0.3) is 0 Å². The molecular formula is C12H18O2. The van der Waals surface area contributed by atoms with Crippen LogP contribution in [0.2, 0.25) is 0 Å². The fourth-order valence-electron chi connectivity index (χ4n) is 2.30. The molecule has 1 aromatic rings. The largest absolute Gasteiger partial charge is 0.469 e. The van der Waals surface area contributed by atoms with Crippen LogP contribution in [0.5, 0.6) is 0 Å². The average Bonchev–Trinajstić information content (AvgIpc) is 2.65. The van der Waals surface area contributed by atoms with Gasteiger partial charge in [-0.1, -0.05) is 25.7 Å².